The number of hydrogen-bond acceptors (Lipinski definition) is 1. The van der Waals surface area contributed by atoms with Gasteiger partial charge in [0.1, 0.15) is 0 Å². The van der Waals surface area contributed by atoms with Crippen molar-refractivity contribution in [1.82, 2.24) is 0 Å². The van der Waals surface area contributed by atoms with Gasteiger partial charge in [0.05, 0.1) is 0 Å². The number of allylic oxidation sites excluding steroid dienone is 1. The van der Waals surface area contributed by atoms with Crippen LogP contribution in [0.5, 0.6) is 0 Å². The lowest BCUT2D eigenvalue weighted by Crippen LogP contribution is -1.90. The normalized spacial score (nSPS) is 9.60. The first-order valence-electron chi connectivity index (χ1n) is 8.24. The molecule has 0 saturated heterocycles. The lowest BCUT2D eigenvalue weighted by molar-refractivity contribution is -0.136. The molecule has 1 N–H and O–H groups in total. The molecule has 0 aliphatic rings. The first kappa shape index (κ1) is 18.2. The van der Waals surface area contributed by atoms with E-state index in [-0.39, 0.29) is 6.42 Å². The number of carboxylic acid groups (broad SMARTS) is 1. The summed E-state index contributed by atoms with van der Waals surface area (Å²) < 4.78 is 0. The van der Waals surface area contributed by atoms with E-state index in [1.807, 2.05) is 12.1 Å². The summed E-state index contributed by atoms with van der Waals surface area (Å²) >= 11 is 0. The zero-order chi connectivity index (χ0) is 17.9. The van der Waals surface area contributed by atoms with Crippen LogP contribution in [0.4, 0.5) is 0 Å². The van der Waals surface area contributed by atoms with Crippen LogP contribution >= 0.6 is 0 Å². The van der Waals surface area contributed by atoms with E-state index in [1.54, 1.807) is 6.08 Å². The fourth-order valence-electron chi connectivity index (χ4n) is 2.37. The summed E-state index contributed by atoms with van der Waals surface area (Å²) in [6.07, 6.45) is 2.35. The van der Waals surface area contributed by atoms with Crippen molar-refractivity contribution < 1.29 is 9.90 Å². The van der Waals surface area contributed by atoms with E-state index in [4.69, 9.17) is 5.11 Å². The van der Waals surface area contributed by atoms with Gasteiger partial charge in [0, 0.05) is 6.42 Å². The number of carbonyl (C=O) groups is 1. The molecule has 0 heterocycles. The summed E-state index contributed by atoms with van der Waals surface area (Å²) in [5, 5.41) is 8.00. The summed E-state index contributed by atoms with van der Waals surface area (Å²) in [5.74, 6) is -0.764. The molecule has 0 radical (unpaired) electrons. The summed E-state index contributed by atoms with van der Waals surface area (Å²) in [6, 6.07) is 29.6. The molecule has 3 aromatic carbocycles. The molecule has 0 aliphatic carbocycles. The Kier molecular flexibility index (Phi) is 7.20. The van der Waals surface area contributed by atoms with Gasteiger partial charge in [-0.15, -0.1) is 6.58 Å². The number of benzene rings is 3. The van der Waals surface area contributed by atoms with Crippen molar-refractivity contribution in [1.29, 1.82) is 0 Å². The van der Waals surface area contributed by atoms with E-state index in [0.717, 1.165) is 0 Å². The zero-order valence-electron chi connectivity index (χ0n) is 14.1. The first-order chi connectivity index (χ1) is 12.2. The average Bonchev–Trinajstić information content (AvgIpc) is 2.68. The highest BCUT2D eigenvalue weighted by Crippen LogP contribution is 2.25. The van der Waals surface area contributed by atoms with Crippen molar-refractivity contribution in [2.24, 2.45) is 0 Å². The minimum Gasteiger partial charge on any atom is -0.481 e. The minimum atomic E-state index is -0.764. The van der Waals surface area contributed by atoms with E-state index in [0.29, 0.717) is 6.42 Å². The lowest BCUT2D eigenvalue weighted by atomic mass is 9.99. The van der Waals surface area contributed by atoms with E-state index in [2.05, 4.69) is 79.4 Å². The molecule has 0 aromatic heterocycles. The Morgan fingerprint density at radius 1 is 0.760 bits per heavy atom. The smallest absolute Gasteiger partial charge is 0.303 e. The Balaban J connectivity index is 0.000000277. The SMILES string of the molecule is C=CCCC(=O)O.c1ccc(-c2cccc(-c3ccccc3)c2)cc1. The molecule has 3 rings (SSSR count). The van der Waals surface area contributed by atoms with Crippen LogP contribution in [0.25, 0.3) is 22.3 Å². The Hall–Kier alpha value is -3.13. The maximum atomic E-state index is 9.71. The molecule has 2 heteroatoms. The standard InChI is InChI=1S/C18H14.C5H8O2/c1-3-8-15(9-4-1)17-12-7-13-18(14-17)16-10-5-2-6-11-16;1-2-3-4-5(6)7/h1-14H;2H,1,3-4H2,(H,6,7). The van der Waals surface area contributed by atoms with Crippen molar-refractivity contribution in [2.75, 3.05) is 0 Å². The van der Waals surface area contributed by atoms with Crippen LogP contribution in [-0.2, 0) is 4.79 Å². The van der Waals surface area contributed by atoms with Gasteiger partial charge in [-0.25, -0.2) is 0 Å². The molecule has 0 fully saturated rings. The summed E-state index contributed by atoms with van der Waals surface area (Å²) in [7, 11) is 0. The van der Waals surface area contributed by atoms with Gasteiger partial charge in [0.25, 0.3) is 0 Å². The summed E-state index contributed by atoms with van der Waals surface area (Å²) in [5.41, 5.74) is 5.04. The third-order valence-electron chi connectivity index (χ3n) is 3.64. The predicted octanol–water partition coefficient (Wildman–Crippen LogP) is 6.06. The largest absolute Gasteiger partial charge is 0.481 e. The molecule has 126 valence electrons. The topological polar surface area (TPSA) is 37.3 Å². The van der Waals surface area contributed by atoms with Gasteiger partial charge in [0.15, 0.2) is 0 Å². The molecule has 0 bridgehead atoms. The van der Waals surface area contributed by atoms with Crippen molar-refractivity contribution in [3.63, 3.8) is 0 Å². The van der Waals surface area contributed by atoms with Crippen LogP contribution in [0.1, 0.15) is 12.8 Å². The van der Waals surface area contributed by atoms with Crippen molar-refractivity contribution in [3.8, 4) is 22.3 Å². The van der Waals surface area contributed by atoms with Crippen LogP contribution < -0.4 is 0 Å². The van der Waals surface area contributed by atoms with Gasteiger partial charge in [-0.1, -0.05) is 84.9 Å². The maximum absolute atomic E-state index is 9.71. The fraction of sp³-hybridized carbons (Fsp3) is 0.0870. The van der Waals surface area contributed by atoms with E-state index < -0.39 is 5.97 Å². The summed E-state index contributed by atoms with van der Waals surface area (Å²) in [6.45, 7) is 3.37. The number of hydrogen-bond donors (Lipinski definition) is 1. The number of rotatable bonds is 5. The van der Waals surface area contributed by atoms with Gasteiger partial charge < -0.3 is 5.11 Å². The van der Waals surface area contributed by atoms with Gasteiger partial charge in [-0.2, -0.15) is 0 Å². The third kappa shape index (κ3) is 6.11. The van der Waals surface area contributed by atoms with Gasteiger partial charge in [-0.3, -0.25) is 4.79 Å². The highest BCUT2D eigenvalue weighted by atomic mass is 16.4. The number of carboxylic acids is 1. The monoisotopic (exact) mass is 330 g/mol. The molecule has 0 atom stereocenters. The second-order valence-corrected chi connectivity index (χ2v) is 5.53. The Labute approximate surface area is 149 Å². The van der Waals surface area contributed by atoms with Crippen LogP contribution in [0.3, 0.4) is 0 Å². The highest BCUT2D eigenvalue weighted by molar-refractivity contribution is 5.72. The molecular weight excluding hydrogens is 308 g/mol. The minimum absolute atomic E-state index is 0.198. The van der Waals surface area contributed by atoms with E-state index >= 15 is 0 Å². The number of aliphatic carboxylic acids is 1. The van der Waals surface area contributed by atoms with E-state index in [9.17, 15) is 4.79 Å². The quantitative estimate of drug-likeness (QED) is 0.577. The predicted molar refractivity (Wildman–Crippen MR) is 104 cm³/mol. The van der Waals surface area contributed by atoms with Crippen molar-refractivity contribution in [2.45, 2.75) is 12.8 Å². The van der Waals surface area contributed by atoms with Gasteiger partial charge in [-0.05, 0) is 34.7 Å². The van der Waals surface area contributed by atoms with Crippen LogP contribution in [0.15, 0.2) is 97.6 Å². The molecule has 3 aromatic rings. The van der Waals surface area contributed by atoms with E-state index in [1.165, 1.54) is 22.3 Å². The Bertz CT molecular complexity index is 738. The lowest BCUT2D eigenvalue weighted by Gasteiger charge is -2.05. The molecule has 2 nitrogen and oxygen atoms in total. The highest BCUT2D eigenvalue weighted by Gasteiger charge is 2.00. The third-order valence-corrected chi connectivity index (χ3v) is 3.64. The Morgan fingerprint density at radius 2 is 1.20 bits per heavy atom. The van der Waals surface area contributed by atoms with Crippen LogP contribution in [0, 0.1) is 0 Å². The molecule has 0 spiro atoms. The van der Waals surface area contributed by atoms with Crippen molar-refractivity contribution in [3.05, 3.63) is 97.6 Å². The molecule has 0 aliphatic heterocycles. The second-order valence-electron chi connectivity index (χ2n) is 5.53. The second kappa shape index (κ2) is 9.89. The van der Waals surface area contributed by atoms with Crippen LogP contribution in [0.2, 0.25) is 0 Å². The average molecular weight is 330 g/mol. The first-order valence-corrected chi connectivity index (χ1v) is 8.24. The van der Waals surface area contributed by atoms with Gasteiger partial charge in [0.2, 0.25) is 0 Å². The van der Waals surface area contributed by atoms with Crippen LogP contribution in [-0.4, -0.2) is 11.1 Å². The maximum Gasteiger partial charge on any atom is 0.303 e. The van der Waals surface area contributed by atoms with Crippen molar-refractivity contribution >= 4 is 5.97 Å². The molecule has 25 heavy (non-hydrogen) atoms. The Morgan fingerprint density at radius 3 is 1.56 bits per heavy atom. The molecule has 0 amide bonds. The molecule has 0 unspecified atom stereocenters. The molecule has 0 saturated carbocycles. The van der Waals surface area contributed by atoms with Gasteiger partial charge >= 0.3 is 5.97 Å². The summed E-state index contributed by atoms with van der Waals surface area (Å²) in [4.78, 5) is 9.71. The zero-order valence-corrected chi connectivity index (χ0v) is 14.1. The fourth-order valence-corrected chi connectivity index (χ4v) is 2.37. The molecular formula is C23H22O2.